The van der Waals surface area contributed by atoms with Crippen LogP contribution in [0.4, 0.5) is 0 Å². The van der Waals surface area contributed by atoms with Gasteiger partial charge < -0.3 is 14.8 Å². The van der Waals surface area contributed by atoms with Crippen molar-refractivity contribution in [2.24, 2.45) is 0 Å². The first-order valence-corrected chi connectivity index (χ1v) is 7.33. The zero-order valence-corrected chi connectivity index (χ0v) is 13.3. The molecular weight excluding hydrogens is 286 g/mol. The quantitative estimate of drug-likeness (QED) is 0.848. The molecule has 0 amide bonds. The molecule has 0 saturated carbocycles. The first-order valence-electron chi connectivity index (χ1n) is 6.95. The number of rotatable bonds is 6. The lowest BCUT2D eigenvalue weighted by Crippen LogP contribution is -2.12. The lowest BCUT2D eigenvalue weighted by Gasteiger charge is -2.14. The summed E-state index contributed by atoms with van der Waals surface area (Å²) in [5, 5.41) is 3.99. The number of ether oxygens (including phenoxy) is 2. The Bertz CT molecular complexity index is 614. The average Bonchev–Trinajstić information content (AvgIpc) is 2.48. The monoisotopic (exact) mass is 305 g/mol. The maximum Gasteiger partial charge on any atom is 0.169 e. The Morgan fingerprint density at radius 2 is 1.81 bits per heavy atom. The number of nitrogens with one attached hydrogen (secondary N) is 1. The minimum Gasteiger partial charge on any atom is -0.493 e. The molecule has 0 aromatic heterocycles. The van der Waals surface area contributed by atoms with Crippen molar-refractivity contribution in [1.29, 1.82) is 0 Å². The molecule has 0 saturated heterocycles. The van der Waals surface area contributed by atoms with Gasteiger partial charge in [0.2, 0.25) is 0 Å². The maximum atomic E-state index is 6.07. The van der Waals surface area contributed by atoms with Gasteiger partial charge in [-0.05, 0) is 49.4 Å². The lowest BCUT2D eigenvalue weighted by atomic mass is 10.2. The molecule has 0 atom stereocenters. The van der Waals surface area contributed by atoms with E-state index in [4.69, 9.17) is 21.1 Å². The zero-order chi connectivity index (χ0) is 15.2. The van der Waals surface area contributed by atoms with Gasteiger partial charge in [0.25, 0.3) is 0 Å². The van der Waals surface area contributed by atoms with Crippen molar-refractivity contribution < 1.29 is 9.47 Å². The normalized spacial score (nSPS) is 10.5. The van der Waals surface area contributed by atoms with Gasteiger partial charge in [-0.25, -0.2) is 0 Å². The summed E-state index contributed by atoms with van der Waals surface area (Å²) in [7, 11) is 1.64. The Morgan fingerprint density at radius 1 is 1.05 bits per heavy atom. The number of methoxy groups -OCH3 is 1. The number of benzene rings is 2. The summed E-state index contributed by atoms with van der Waals surface area (Å²) in [5.74, 6) is 2.20. The van der Waals surface area contributed by atoms with E-state index in [-0.39, 0.29) is 0 Å². The smallest absolute Gasteiger partial charge is 0.169 e. The fourth-order valence-corrected chi connectivity index (χ4v) is 2.22. The fourth-order valence-electron chi connectivity index (χ4n) is 2.02. The summed E-state index contributed by atoms with van der Waals surface area (Å²) in [6, 6.07) is 11.5. The van der Waals surface area contributed by atoms with Crippen molar-refractivity contribution in [2.75, 3.05) is 13.7 Å². The second kappa shape index (κ2) is 7.34. The lowest BCUT2D eigenvalue weighted by molar-refractivity contribution is 0.377. The molecule has 3 nitrogen and oxygen atoms in total. The highest BCUT2D eigenvalue weighted by atomic mass is 35.5. The van der Waals surface area contributed by atoms with E-state index in [9.17, 15) is 0 Å². The van der Waals surface area contributed by atoms with E-state index in [2.05, 4.69) is 12.2 Å². The SMILES string of the molecule is CCNCc1cc(Cl)ccc1Oc1ccc(C)cc1OC. The van der Waals surface area contributed by atoms with Gasteiger partial charge in [-0.3, -0.25) is 0 Å². The summed E-state index contributed by atoms with van der Waals surface area (Å²) in [4.78, 5) is 0. The second-order valence-electron chi connectivity index (χ2n) is 4.79. The van der Waals surface area contributed by atoms with Gasteiger partial charge in [0.15, 0.2) is 11.5 Å². The fraction of sp³-hybridized carbons (Fsp3) is 0.294. The van der Waals surface area contributed by atoms with Gasteiger partial charge in [-0.1, -0.05) is 24.6 Å². The third-order valence-corrected chi connectivity index (χ3v) is 3.36. The molecule has 4 heteroatoms. The van der Waals surface area contributed by atoms with E-state index in [1.165, 1.54) is 0 Å². The molecule has 0 aliphatic rings. The Morgan fingerprint density at radius 3 is 2.52 bits per heavy atom. The Kier molecular flexibility index (Phi) is 5.48. The van der Waals surface area contributed by atoms with Crippen LogP contribution in [0.3, 0.4) is 0 Å². The first-order chi connectivity index (χ1) is 10.1. The molecule has 0 unspecified atom stereocenters. The average molecular weight is 306 g/mol. The molecule has 1 N–H and O–H groups in total. The number of aryl methyl sites for hydroxylation is 1. The van der Waals surface area contributed by atoms with Gasteiger partial charge in [-0.2, -0.15) is 0 Å². The van der Waals surface area contributed by atoms with Crippen LogP contribution in [-0.4, -0.2) is 13.7 Å². The van der Waals surface area contributed by atoms with Crippen molar-refractivity contribution in [2.45, 2.75) is 20.4 Å². The van der Waals surface area contributed by atoms with Crippen molar-refractivity contribution in [3.8, 4) is 17.2 Å². The Balaban J connectivity index is 2.30. The van der Waals surface area contributed by atoms with Crippen LogP contribution in [0.5, 0.6) is 17.2 Å². The van der Waals surface area contributed by atoms with Crippen LogP contribution >= 0.6 is 11.6 Å². The van der Waals surface area contributed by atoms with Crippen LogP contribution in [0.1, 0.15) is 18.1 Å². The molecule has 112 valence electrons. The van der Waals surface area contributed by atoms with Gasteiger partial charge in [0.1, 0.15) is 5.75 Å². The molecule has 0 aliphatic heterocycles. The maximum absolute atomic E-state index is 6.07. The van der Waals surface area contributed by atoms with Crippen molar-refractivity contribution >= 4 is 11.6 Å². The summed E-state index contributed by atoms with van der Waals surface area (Å²) in [5.41, 5.74) is 2.15. The van der Waals surface area contributed by atoms with E-state index in [1.807, 2.05) is 43.3 Å². The highest BCUT2D eigenvalue weighted by molar-refractivity contribution is 6.30. The molecular formula is C17H20ClNO2. The van der Waals surface area contributed by atoms with Crippen LogP contribution < -0.4 is 14.8 Å². The first kappa shape index (κ1) is 15.7. The molecule has 2 rings (SSSR count). The van der Waals surface area contributed by atoms with Crippen molar-refractivity contribution in [3.05, 3.63) is 52.5 Å². The van der Waals surface area contributed by atoms with Crippen molar-refractivity contribution in [1.82, 2.24) is 5.32 Å². The topological polar surface area (TPSA) is 30.5 Å². The minimum absolute atomic E-state index is 0.697. The molecule has 0 bridgehead atoms. The van der Waals surface area contributed by atoms with Crippen LogP contribution in [0.25, 0.3) is 0 Å². The highest BCUT2D eigenvalue weighted by Crippen LogP contribution is 2.34. The summed E-state index contributed by atoms with van der Waals surface area (Å²) in [6.07, 6.45) is 0. The molecule has 2 aromatic carbocycles. The van der Waals surface area contributed by atoms with Gasteiger partial charge in [-0.15, -0.1) is 0 Å². The third-order valence-electron chi connectivity index (χ3n) is 3.13. The van der Waals surface area contributed by atoms with E-state index < -0.39 is 0 Å². The number of hydrogen-bond acceptors (Lipinski definition) is 3. The number of halogens is 1. The third kappa shape index (κ3) is 4.13. The number of hydrogen-bond donors (Lipinski definition) is 1. The predicted molar refractivity (Wildman–Crippen MR) is 86.6 cm³/mol. The van der Waals surface area contributed by atoms with Crippen molar-refractivity contribution in [3.63, 3.8) is 0 Å². The highest BCUT2D eigenvalue weighted by Gasteiger charge is 2.10. The summed E-state index contributed by atoms with van der Waals surface area (Å²) < 4.78 is 11.4. The van der Waals surface area contributed by atoms with Crippen LogP contribution in [-0.2, 0) is 6.54 Å². The predicted octanol–water partition coefficient (Wildman–Crippen LogP) is 4.56. The van der Waals surface area contributed by atoms with Gasteiger partial charge in [0, 0.05) is 17.1 Å². The minimum atomic E-state index is 0.697. The standard InChI is InChI=1S/C17H20ClNO2/c1-4-19-11-13-10-14(18)6-8-15(13)21-16-7-5-12(2)9-17(16)20-3/h5-10,19H,4,11H2,1-3H3. The molecule has 0 spiro atoms. The van der Waals surface area contributed by atoms with Crippen LogP contribution in [0, 0.1) is 6.92 Å². The second-order valence-corrected chi connectivity index (χ2v) is 5.23. The molecule has 0 radical (unpaired) electrons. The molecule has 2 aromatic rings. The van der Waals surface area contributed by atoms with Crippen LogP contribution in [0.15, 0.2) is 36.4 Å². The largest absolute Gasteiger partial charge is 0.493 e. The molecule has 21 heavy (non-hydrogen) atoms. The van der Waals surface area contributed by atoms with E-state index >= 15 is 0 Å². The Hall–Kier alpha value is -1.71. The molecule has 0 aliphatic carbocycles. The van der Waals surface area contributed by atoms with Gasteiger partial charge >= 0.3 is 0 Å². The van der Waals surface area contributed by atoms with Gasteiger partial charge in [0.05, 0.1) is 7.11 Å². The molecule has 0 fully saturated rings. The Labute approximate surface area is 130 Å². The van der Waals surface area contributed by atoms with E-state index in [0.717, 1.165) is 29.2 Å². The molecule has 0 heterocycles. The van der Waals surface area contributed by atoms with E-state index in [1.54, 1.807) is 7.11 Å². The summed E-state index contributed by atoms with van der Waals surface area (Å²) in [6.45, 7) is 5.68. The summed E-state index contributed by atoms with van der Waals surface area (Å²) >= 11 is 6.07. The zero-order valence-electron chi connectivity index (χ0n) is 12.6. The van der Waals surface area contributed by atoms with E-state index in [0.29, 0.717) is 17.3 Å². The van der Waals surface area contributed by atoms with Crippen LogP contribution in [0.2, 0.25) is 5.02 Å².